The molecule has 2 rings (SSSR count). The van der Waals surface area contributed by atoms with Gasteiger partial charge in [0.2, 0.25) is 5.13 Å². The molecule has 0 bridgehead atoms. The largest absolute Gasteiger partial charge is 0.483 e. The maximum atomic E-state index is 11.7. The molecule has 0 saturated carbocycles. The zero-order chi connectivity index (χ0) is 14.4. The number of amides is 1. The van der Waals surface area contributed by atoms with E-state index in [2.05, 4.69) is 29.4 Å². The number of nitrogens with one attached hydrogen (secondary N) is 1. The van der Waals surface area contributed by atoms with Gasteiger partial charge in [-0.05, 0) is 24.0 Å². The number of para-hydroxylation sites is 1. The smallest absolute Gasteiger partial charge is 0.264 e. The zero-order valence-electron chi connectivity index (χ0n) is 11.5. The number of carbonyl (C=O) groups is 1. The van der Waals surface area contributed by atoms with Gasteiger partial charge in [-0.25, -0.2) is 0 Å². The number of nitrogens with zero attached hydrogens (tertiary/aromatic N) is 2. The predicted octanol–water partition coefficient (Wildman–Crippen LogP) is 3.07. The summed E-state index contributed by atoms with van der Waals surface area (Å²) in [5.74, 6) is 0.924. The Kier molecular flexibility index (Phi) is 5.06. The van der Waals surface area contributed by atoms with Crippen molar-refractivity contribution in [2.24, 2.45) is 0 Å². The number of rotatable bonds is 6. The fourth-order valence-corrected chi connectivity index (χ4v) is 2.23. The third-order valence-corrected chi connectivity index (χ3v) is 3.63. The molecular weight excluding hydrogens is 274 g/mol. The maximum Gasteiger partial charge on any atom is 0.264 e. The molecule has 0 aliphatic heterocycles. The minimum atomic E-state index is -0.235. The minimum absolute atomic E-state index is 0.0347. The van der Waals surface area contributed by atoms with E-state index in [1.165, 1.54) is 11.3 Å². The Bertz CT molecular complexity index is 557. The number of benzene rings is 1. The van der Waals surface area contributed by atoms with Crippen molar-refractivity contribution in [3.8, 4) is 5.75 Å². The summed E-state index contributed by atoms with van der Waals surface area (Å²) >= 11 is 1.27. The molecule has 0 fully saturated rings. The normalized spacial score (nSPS) is 11.9. The molecule has 1 aromatic carbocycles. The van der Waals surface area contributed by atoms with Gasteiger partial charge in [0.15, 0.2) is 6.61 Å². The van der Waals surface area contributed by atoms with Crippen LogP contribution in [0.15, 0.2) is 29.8 Å². The van der Waals surface area contributed by atoms with Crippen LogP contribution < -0.4 is 10.1 Å². The average Bonchev–Trinajstić information content (AvgIpc) is 2.97. The van der Waals surface area contributed by atoms with Gasteiger partial charge in [-0.15, -0.1) is 10.2 Å². The van der Waals surface area contributed by atoms with E-state index < -0.39 is 0 Å². The van der Waals surface area contributed by atoms with Crippen molar-refractivity contribution in [2.45, 2.75) is 26.2 Å². The second-order valence-corrected chi connectivity index (χ2v) is 5.26. The van der Waals surface area contributed by atoms with Crippen molar-refractivity contribution in [1.29, 1.82) is 0 Å². The molecular formula is C14H17N3O2S. The Morgan fingerprint density at radius 3 is 2.95 bits per heavy atom. The molecule has 1 N–H and O–H groups in total. The summed E-state index contributed by atoms with van der Waals surface area (Å²) in [6, 6.07) is 7.81. The van der Waals surface area contributed by atoms with Gasteiger partial charge in [0, 0.05) is 0 Å². The first-order valence-corrected chi connectivity index (χ1v) is 7.36. The van der Waals surface area contributed by atoms with Crippen LogP contribution in [0.4, 0.5) is 5.13 Å². The highest BCUT2D eigenvalue weighted by Crippen LogP contribution is 2.28. The average molecular weight is 291 g/mol. The topological polar surface area (TPSA) is 64.1 Å². The summed E-state index contributed by atoms with van der Waals surface area (Å²) in [4.78, 5) is 11.7. The van der Waals surface area contributed by atoms with Gasteiger partial charge in [-0.2, -0.15) is 0 Å². The Hall–Kier alpha value is -1.95. The highest BCUT2D eigenvalue weighted by atomic mass is 32.1. The number of ether oxygens (including phenoxy) is 1. The Balaban J connectivity index is 1.95. The predicted molar refractivity (Wildman–Crippen MR) is 79.2 cm³/mol. The van der Waals surface area contributed by atoms with Crippen molar-refractivity contribution in [1.82, 2.24) is 10.2 Å². The molecule has 1 unspecified atom stereocenters. The second kappa shape index (κ2) is 7.00. The summed E-state index contributed by atoms with van der Waals surface area (Å²) < 4.78 is 5.62. The monoisotopic (exact) mass is 291 g/mol. The van der Waals surface area contributed by atoms with E-state index in [9.17, 15) is 4.79 Å². The van der Waals surface area contributed by atoms with E-state index in [0.29, 0.717) is 11.0 Å². The molecule has 5 nitrogen and oxygen atoms in total. The number of anilines is 1. The second-order valence-electron chi connectivity index (χ2n) is 4.43. The lowest BCUT2D eigenvalue weighted by Crippen LogP contribution is -2.20. The molecule has 0 aliphatic rings. The Morgan fingerprint density at radius 1 is 1.45 bits per heavy atom. The Morgan fingerprint density at radius 2 is 2.25 bits per heavy atom. The number of aromatic nitrogens is 2. The summed E-state index contributed by atoms with van der Waals surface area (Å²) in [6.45, 7) is 4.24. The van der Waals surface area contributed by atoms with Crippen LogP contribution >= 0.6 is 11.3 Å². The van der Waals surface area contributed by atoms with Crippen molar-refractivity contribution in [3.05, 3.63) is 35.3 Å². The molecule has 0 saturated heterocycles. The number of hydrogen-bond donors (Lipinski definition) is 1. The lowest BCUT2D eigenvalue weighted by molar-refractivity contribution is -0.118. The van der Waals surface area contributed by atoms with Crippen LogP contribution in [0.5, 0.6) is 5.75 Å². The van der Waals surface area contributed by atoms with Gasteiger partial charge in [-0.3, -0.25) is 10.1 Å². The number of carbonyl (C=O) groups excluding carboxylic acids is 1. The quantitative estimate of drug-likeness (QED) is 0.888. The molecule has 1 amide bonds. The molecule has 6 heteroatoms. The fraction of sp³-hybridized carbons (Fsp3) is 0.357. The van der Waals surface area contributed by atoms with E-state index in [0.717, 1.165) is 17.7 Å². The Labute approximate surface area is 122 Å². The lowest BCUT2D eigenvalue weighted by Gasteiger charge is -2.15. The SMILES string of the molecule is CCC(C)c1ccccc1OCC(=O)Nc1nncs1. The van der Waals surface area contributed by atoms with Crippen LogP contribution in [0, 0.1) is 0 Å². The van der Waals surface area contributed by atoms with Crippen molar-refractivity contribution in [3.63, 3.8) is 0 Å². The van der Waals surface area contributed by atoms with Crippen molar-refractivity contribution in [2.75, 3.05) is 11.9 Å². The van der Waals surface area contributed by atoms with Crippen LogP contribution in [0.3, 0.4) is 0 Å². The fourth-order valence-electron chi connectivity index (χ4n) is 1.77. The van der Waals surface area contributed by atoms with Crippen LogP contribution in [0.2, 0.25) is 0 Å². The van der Waals surface area contributed by atoms with Crippen LogP contribution in [0.1, 0.15) is 31.7 Å². The molecule has 106 valence electrons. The van der Waals surface area contributed by atoms with Crippen LogP contribution in [-0.4, -0.2) is 22.7 Å². The van der Waals surface area contributed by atoms with Crippen molar-refractivity contribution >= 4 is 22.4 Å². The van der Waals surface area contributed by atoms with Gasteiger partial charge in [-0.1, -0.05) is 43.4 Å². The van der Waals surface area contributed by atoms with E-state index >= 15 is 0 Å². The molecule has 1 aromatic heterocycles. The first kappa shape index (κ1) is 14.5. The van der Waals surface area contributed by atoms with Gasteiger partial charge in [0.25, 0.3) is 5.91 Å². The van der Waals surface area contributed by atoms with E-state index in [1.54, 1.807) is 5.51 Å². The molecule has 2 aromatic rings. The van der Waals surface area contributed by atoms with E-state index in [1.807, 2.05) is 24.3 Å². The summed E-state index contributed by atoms with van der Waals surface area (Å²) in [5, 5.41) is 10.5. The van der Waals surface area contributed by atoms with Gasteiger partial charge in [0.1, 0.15) is 11.3 Å². The first-order chi connectivity index (χ1) is 9.70. The summed E-state index contributed by atoms with van der Waals surface area (Å²) in [5.41, 5.74) is 2.69. The highest BCUT2D eigenvalue weighted by molar-refractivity contribution is 7.13. The molecule has 1 atom stereocenters. The number of hydrogen-bond acceptors (Lipinski definition) is 5. The molecule has 20 heavy (non-hydrogen) atoms. The molecule has 0 spiro atoms. The summed E-state index contributed by atoms with van der Waals surface area (Å²) in [7, 11) is 0. The summed E-state index contributed by atoms with van der Waals surface area (Å²) in [6.07, 6.45) is 1.03. The van der Waals surface area contributed by atoms with Crippen LogP contribution in [0.25, 0.3) is 0 Å². The van der Waals surface area contributed by atoms with Crippen molar-refractivity contribution < 1.29 is 9.53 Å². The lowest BCUT2D eigenvalue weighted by atomic mass is 9.98. The molecule has 1 heterocycles. The standard InChI is InChI=1S/C14H17N3O2S/c1-3-10(2)11-6-4-5-7-12(11)19-8-13(18)16-14-17-15-9-20-14/h4-7,9-10H,3,8H2,1-2H3,(H,16,17,18). The molecule has 0 aliphatic carbocycles. The van der Waals surface area contributed by atoms with E-state index in [4.69, 9.17) is 4.74 Å². The third-order valence-electron chi connectivity index (χ3n) is 3.03. The van der Waals surface area contributed by atoms with Gasteiger partial charge >= 0.3 is 0 Å². The van der Waals surface area contributed by atoms with Gasteiger partial charge < -0.3 is 4.74 Å². The highest BCUT2D eigenvalue weighted by Gasteiger charge is 2.11. The third kappa shape index (κ3) is 3.77. The van der Waals surface area contributed by atoms with E-state index in [-0.39, 0.29) is 12.5 Å². The van der Waals surface area contributed by atoms with Crippen LogP contribution in [-0.2, 0) is 4.79 Å². The molecule has 0 radical (unpaired) electrons. The zero-order valence-corrected chi connectivity index (χ0v) is 12.3. The maximum absolute atomic E-state index is 11.7. The minimum Gasteiger partial charge on any atom is -0.483 e. The van der Waals surface area contributed by atoms with Gasteiger partial charge in [0.05, 0.1) is 0 Å². The first-order valence-electron chi connectivity index (χ1n) is 6.48.